The standard InChI is InChI=1S/C41H52N4O4/c1-3-45(4-2)25-15-16-31(30-45)28-42-39(48)36-23-14-24-43(36)40(49)37-26-35(46)29-44(37)38(47)27-41(32-17-8-5-9-18-32,33-19-10-6-11-20-33)34-21-12-7-13-22-34/h5-13,17-22,31,35-37,46H,3-4,14-16,23-30H2,1-2H3/p+1/t31-,35+,36+,37-/m0/s1. The second kappa shape index (κ2) is 15.3. The van der Waals surface area contributed by atoms with Crippen LogP contribution in [0, 0.1) is 5.92 Å². The van der Waals surface area contributed by atoms with Gasteiger partial charge in [-0.1, -0.05) is 91.0 Å². The maximum atomic E-state index is 14.6. The molecular formula is C41H53N4O4+. The largest absolute Gasteiger partial charge is 0.391 e. The van der Waals surface area contributed by atoms with E-state index in [1.165, 1.54) is 13.0 Å². The molecule has 8 nitrogen and oxygen atoms in total. The highest BCUT2D eigenvalue weighted by Crippen LogP contribution is 2.43. The van der Waals surface area contributed by atoms with Crippen LogP contribution < -0.4 is 5.32 Å². The molecule has 0 bridgehead atoms. The van der Waals surface area contributed by atoms with Gasteiger partial charge >= 0.3 is 0 Å². The van der Waals surface area contributed by atoms with Gasteiger partial charge in [0.2, 0.25) is 17.7 Å². The van der Waals surface area contributed by atoms with Crippen molar-refractivity contribution >= 4 is 17.7 Å². The number of carbonyl (C=O) groups is 3. The number of amides is 3. The van der Waals surface area contributed by atoms with Crippen molar-refractivity contribution in [3.63, 3.8) is 0 Å². The molecule has 0 saturated carbocycles. The zero-order chi connectivity index (χ0) is 34.4. The summed E-state index contributed by atoms with van der Waals surface area (Å²) in [4.78, 5) is 45.8. The first-order valence-corrected chi connectivity index (χ1v) is 18.4. The van der Waals surface area contributed by atoms with Gasteiger partial charge in [-0.15, -0.1) is 0 Å². The lowest BCUT2D eigenvalue weighted by Gasteiger charge is -2.43. The molecule has 0 spiro atoms. The monoisotopic (exact) mass is 665 g/mol. The Balaban J connectivity index is 1.22. The van der Waals surface area contributed by atoms with Crippen molar-refractivity contribution in [1.82, 2.24) is 15.1 Å². The van der Waals surface area contributed by atoms with E-state index in [1.54, 1.807) is 9.80 Å². The van der Waals surface area contributed by atoms with E-state index in [0.717, 1.165) is 53.6 Å². The fourth-order valence-electron chi connectivity index (χ4n) is 8.89. The van der Waals surface area contributed by atoms with Crippen molar-refractivity contribution in [3.05, 3.63) is 108 Å². The number of hydrogen-bond donors (Lipinski definition) is 2. The maximum absolute atomic E-state index is 14.6. The summed E-state index contributed by atoms with van der Waals surface area (Å²) in [5, 5.41) is 14.1. The van der Waals surface area contributed by atoms with Crippen LogP contribution in [0.4, 0.5) is 0 Å². The lowest BCUT2D eigenvalue weighted by Crippen LogP contribution is -2.56. The Hall–Kier alpha value is -4.01. The second-order valence-electron chi connectivity index (χ2n) is 14.5. The minimum atomic E-state index is -0.818. The van der Waals surface area contributed by atoms with Crippen molar-refractivity contribution < 1.29 is 24.0 Å². The van der Waals surface area contributed by atoms with Crippen molar-refractivity contribution in [2.24, 2.45) is 5.92 Å². The van der Waals surface area contributed by atoms with Crippen molar-refractivity contribution in [2.45, 2.75) is 76.0 Å². The average Bonchev–Trinajstić information content (AvgIpc) is 3.81. The van der Waals surface area contributed by atoms with Gasteiger partial charge in [0.1, 0.15) is 12.1 Å². The highest BCUT2D eigenvalue weighted by atomic mass is 16.3. The number of hydrogen-bond acceptors (Lipinski definition) is 4. The van der Waals surface area contributed by atoms with E-state index in [1.807, 2.05) is 54.6 Å². The minimum absolute atomic E-state index is 0.0857. The number of nitrogens with zero attached hydrogens (tertiary/aromatic N) is 3. The van der Waals surface area contributed by atoms with E-state index >= 15 is 0 Å². The molecule has 260 valence electrons. The van der Waals surface area contributed by atoms with Crippen LogP contribution in [0.25, 0.3) is 0 Å². The summed E-state index contributed by atoms with van der Waals surface area (Å²) >= 11 is 0. The molecule has 3 heterocycles. The molecule has 6 rings (SSSR count). The molecule has 0 radical (unpaired) electrons. The number of likely N-dealkylation sites (tertiary alicyclic amines) is 3. The van der Waals surface area contributed by atoms with E-state index in [0.29, 0.717) is 25.4 Å². The van der Waals surface area contributed by atoms with Gasteiger partial charge in [-0.25, -0.2) is 0 Å². The molecule has 3 aromatic carbocycles. The third-order valence-electron chi connectivity index (χ3n) is 11.7. The van der Waals surface area contributed by atoms with E-state index in [2.05, 4.69) is 55.6 Å². The Morgan fingerprint density at radius 3 is 1.92 bits per heavy atom. The van der Waals surface area contributed by atoms with Crippen LogP contribution in [-0.4, -0.2) is 101 Å². The average molecular weight is 666 g/mol. The highest BCUT2D eigenvalue weighted by molar-refractivity contribution is 5.93. The molecule has 3 aliphatic rings. The zero-order valence-electron chi connectivity index (χ0n) is 29.2. The first-order chi connectivity index (χ1) is 23.8. The van der Waals surface area contributed by atoms with E-state index in [-0.39, 0.29) is 37.1 Å². The Kier molecular flexibility index (Phi) is 10.8. The first-order valence-electron chi connectivity index (χ1n) is 18.4. The quantitative estimate of drug-likeness (QED) is 0.229. The summed E-state index contributed by atoms with van der Waals surface area (Å²) in [6.07, 6.45) is 3.07. The Bertz CT molecular complexity index is 1470. The maximum Gasteiger partial charge on any atom is 0.246 e. The molecule has 0 aliphatic carbocycles. The summed E-state index contributed by atoms with van der Waals surface area (Å²) in [7, 11) is 0. The summed E-state index contributed by atoms with van der Waals surface area (Å²) in [5.41, 5.74) is 2.12. The lowest BCUT2D eigenvalue weighted by molar-refractivity contribution is -0.932. The second-order valence-corrected chi connectivity index (χ2v) is 14.5. The van der Waals surface area contributed by atoms with Crippen LogP contribution in [0.2, 0.25) is 0 Å². The predicted molar refractivity (Wildman–Crippen MR) is 191 cm³/mol. The van der Waals surface area contributed by atoms with Gasteiger partial charge in [-0.2, -0.15) is 0 Å². The molecule has 3 fully saturated rings. The molecule has 3 amide bonds. The number of piperidine rings is 1. The van der Waals surface area contributed by atoms with E-state index in [9.17, 15) is 19.5 Å². The normalized spacial score (nSPS) is 23.7. The fourth-order valence-corrected chi connectivity index (χ4v) is 8.89. The number of aliphatic hydroxyl groups is 1. The number of quaternary nitrogens is 1. The number of aliphatic hydroxyl groups excluding tert-OH is 1. The minimum Gasteiger partial charge on any atom is -0.391 e. The Morgan fingerprint density at radius 2 is 1.37 bits per heavy atom. The van der Waals surface area contributed by atoms with Gasteiger partial charge in [-0.3, -0.25) is 14.4 Å². The van der Waals surface area contributed by atoms with Crippen LogP contribution in [0.3, 0.4) is 0 Å². The van der Waals surface area contributed by atoms with Crippen molar-refractivity contribution in [1.29, 1.82) is 0 Å². The van der Waals surface area contributed by atoms with Gasteiger partial charge in [0, 0.05) is 38.4 Å². The third-order valence-corrected chi connectivity index (χ3v) is 11.7. The molecule has 8 heteroatoms. The van der Waals surface area contributed by atoms with E-state index < -0.39 is 23.6 Å². The van der Waals surface area contributed by atoms with E-state index in [4.69, 9.17) is 0 Å². The van der Waals surface area contributed by atoms with Gasteiger partial charge in [0.05, 0.1) is 37.7 Å². The SMILES string of the molecule is CC[N+]1(CC)CCC[C@@H](CNC(=O)[C@H]2CCCN2C(=O)[C@@H]2C[C@@H](O)CN2C(=O)CC(c2ccccc2)(c2ccccc2)c2ccccc2)C1. The van der Waals surface area contributed by atoms with Crippen LogP contribution >= 0.6 is 0 Å². The highest BCUT2D eigenvalue weighted by Gasteiger charge is 2.47. The number of carbonyl (C=O) groups excluding carboxylic acids is 3. The van der Waals surface area contributed by atoms with Crippen molar-refractivity contribution in [3.8, 4) is 0 Å². The van der Waals surface area contributed by atoms with Crippen LogP contribution in [0.5, 0.6) is 0 Å². The molecule has 3 saturated heterocycles. The predicted octanol–water partition coefficient (Wildman–Crippen LogP) is 4.75. The fraction of sp³-hybridized carbons (Fsp3) is 0.488. The number of benzene rings is 3. The number of rotatable bonds is 11. The summed E-state index contributed by atoms with van der Waals surface area (Å²) in [5.74, 6) is -0.106. The molecule has 4 atom stereocenters. The molecule has 2 N–H and O–H groups in total. The molecule has 0 aromatic heterocycles. The van der Waals surface area contributed by atoms with Crippen LogP contribution in [-0.2, 0) is 19.8 Å². The summed E-state index contributed by atoms with van der Waals surface area (Å²) < 4.78 is 1.10. The summed E-state index contributed by atoms with van der Waals surface area (Å²) in [6, 6.07) is 28.8. The van der Waals surface area contributed by atoms with Gasteiger partial charge in [-0.05, 0) is 56.2 Å². The van der Waals surface area contributed by atoms with Gasteiger partial charge < -0.3 is 24.7 Å². The number of nitrogens with one attached hydrogen (secondary N) is 1. The van der Waals surface area contributed by atoms with Crippen LogP contribution in [0.15, 0.2) is 91.0 Å². The topological polar surface area (TPSA) is 89.9 Å². The van der Waals surface area contributed by atoms with Gasteiger partial charge in [0.15, 0.2) is 0 Å². The third kappa shape index (κ3) is 7.17. The lowest BCUT2D eigenvalue weighted by atomic mass is 9.67. The van der Waals surface area contributed by atoms with Crippen LogP contribution in [0.1, 0.15) is 69.1 Å². The zero-order valence-corrected chi connectivity index (χ0v) is 29.2. The summed E-state index contributed by atoms with van der Waals surface area (Å²) in [6.45, 7) is 10.2. The first kappa shape index (κ1) is 34.8. The smallest absolute Gasteiger partial charge is 0.246 e. The molecular weight excluding hydrogens is 612 g/mol. The van der Waals surface area contributed by atoms with Crippen molar-refractivity contribution in [2.75, 3.05) is 45.8 Å². The van der Waals surface area contributed by atoms with Gasteiger partial charge in [0.25, 0.3) is 0 Å². The Morgan fingerprint density at radius 1 is 0.796 bits per heavy atom. The Labute approximate surface area is 291 Å². The molecule has 3 aromatic rings. The molecule has 49 heavy (non-hydrogen) atoms. The molecule has 0 unspecified atom stereocenters. The number of β-amino-alcohol motifs (C(OH)–C–C–N with tert-alkyl or cyclic N) is 1. The molecule has 3 aliphatic heterocycles.